The van der Waals surface area contributed by atoms with Gasteiger partial charge in [0, 0.05) is 40.6 Å². The molecule has 0 atom stereocenters. The molecular formula is C26H20F3N5O3. The standard InChI is InChI=1S/C26H20F3N5O3/c1-14-10-22(23(37-14)26(27,28)29)34-25(36)32-17-5-2-4-16(11-17)31-18-7-8-19-20(12-15-6-3-9-30-15)24(35)33-21(19)13-18/h2-13,30-31H,1H3,(H,33,35)(H2,32,34,36)/b20-12-. The Morgan fingerprint density at radius 3 is 2.51 bits per heavy atom. The van der Waals surface area contributed by atoms with Crippen molar-refractivity contribution < 1.29 is 27.2 Å². The summed E-state index contributed by atoms with van der Waals surface area (Å²) in [6.45, 7) is 1.36. The van der Waals surface area contributed by atoms with Gasteiger partial charge in [-0.3, -0.25) is 4.79 Å². The molecule has 8 nitrogen and oxygen atoms in total. The summed E-state index contributed by atoms with van der Waals surface area (Å²) in [7, 11) is 0. The topological polar surface area (TPSA) is 111 Å². The van der Waals surface area contributed by atoms with E-state index in [0.717, 1.165) is 17.3 Å². The van der Waals surface area contributed by atoms with E-state index in [1.165, 1.54) is 6.92 Å². The van der Waals surface area contributed by atoms with Gasteiger partial charge >= 0.3 is 12.2 Å². The highest BCUT2D eigenvalue weighted by atomic mass is 19.4. The molecule has 2 aromatic heterocycles. The third-order valence-electron chi connectivity index (χ3n) is 5.49. The number of carbonyl (C=O) groups excluding carboxylic acids is 2. The number of nitrogens with one attached hydrogen (secondary N) is 5. The lowest BCUT2D eigenvalue weighted by atomic mass is 10.1. The SMILES string of the molecule is Cc1cc(NC(=O)Nc2cccc(Nc3ccc4c(c3)NC(=O)/C4=C\c3ccc[nH]3)c2)c(C(F)(F)F)o1. The number of amides is 3. The van der Waals surface area contributed by atoms with E-state index in [9.17, 15) is 22.8 Å². The first kappa shape index (κ1) is 23.8. The fourth-order valence-corrected chi connectivity index (χ4v) is 3.95. The highest BCUT2D eigenvalue weighted by molar-refractivity contribution is 6.35. The Morgan fingerprint density at radius 1 is 0.973 bits per heavy atom. The fourth-order valence-electron chi connectivity index (χ4n) is 3.95. The zero-order valence-electron chi connectivity index (χ0n) is 19.3. The minimum Gasteiger partial charge on any atom is -0.455 e. The number of hydrogen-bond donors (Lipinski definition) is 5. The van der Waals surface area contributed by atoms with E-state index in [0.29, 0.717) is 28.3 Å². The quantitative estimate of drug-likeness (QED) is 0.191. The van der Waals surface area contributed by atoms with Gasteiger partial charge in [-0.15, -0.1) is 0 Å². The van der Waals surface area contributed by atoms with E-state index in [-0.39, 0.29) is 11.7 Å². The molecule has 0 fully saturated rings. The molecular weight excluding hydrogens is 487 g/mol. The van der Waals surface area contributed by atoms with Gasteiger partial charge in [0.2, 0.25) is 5.76 Å². The van der Waals surface area contributed by atoms with Crippen molar-refractivity contribution in [3.05, 3.63) is 89.6 Å². The van der Waals surface area contributed by atoms with Crippen molar-refractivity contribution in [2.24, 2.45) is 0 Å². The normalized spacial score (nSPS) is 13.8. The number of rotatable bonds is 5. The number of halogens is 3. The number of aromatic nitrogens is 1. The van der Waals surface area contributed by atoms with Crippen LogP contribution < -0.4 is 21.3 Å². The summed E-state index contributed by atoms with van der Waals surface area (Å²) < 4.78 is 44.0. The van der Waals surface area contributed by atoms with E-state index in [4.69, 9.17) is 0 Å². The van der Waals surface area contributed by atoms with E-state index < -0.39 is 23.7 Å². The lowest BCUT2D eigenvalue weighted by Crippen LogP contribution is -2.21. The zero-order valence-corrected chi connectivity index (χ0v) is 19.3. The van der Waals surface area contributed by atoms with Gasteiger partial charge in [0.15, 0.2) is 0 Å². The second-order valence-electron chi connectivity index (χ2n) is 8.28. The van der Waals surface area contributed by atoms with E-state index >= 15 is 0 Å². The van der Waals surface area contributed by atoms with Crippen LogP contribution in [0.4, 0.5) is 46.4 Å². The number of benzene rings is 2. The lowest BCUT2D eigenvalue weighted by molar-refractivity contribution is -0.152. The van der Waals surface area contributed by atoms with E-state index in [1.807, 2.05) is 24.3 Å². The average molecular weight is 507 g/mol. The minimum absolute atomic E-state index is 0.0197. The van der Waals surface area contributed by atoms with Gasteiger partial charge in [0.25, 0.3) is 5.91 Å². The van der Waals surface area contributed by atoms with Crippen LogP contribution in [0.1, 0.15) is 22.8 Å². The number of furan rings is 1. The van der Waals surface area contributed by atoms with Crippen LogP contribution in [0.25, 0.3) is 11.6 Å². The van der Waals surface area contributed by atoms with Crippen molar-refractivity contribution in [1.29, 1.82) is 0 Å². The summed E-state index contributed by atoms with van der Waals surface area (Å²) in [4.78, 5) is 27.8. The maximum Gasteiger partial charge on any atom is 0.451 e. The maximum atomic E-state index is 13.1. The molecule has 188 valence electrons. The second-order valence-corrected chi connectivity index (χ2v) is 8.28. The van der Waals surface area contributed by atoms with Crippen molar-refractivity contribution in [3.8, 4) is 0 Å². The van der Waals surface area contributed by atoms with Crippen LogP contribution in [-0.4, -0.2) is 16.9 Å². The monoisotopic (exact) mass is 507 g/mol. The number of aromatic amines is 1. The summed E-state index contributed by atoms with van der Waals surface area (Å²) in [5.41, 5.74) is 3.95. The molecule has 2 aromatic carbocycles. The van der Waals surface area contributed by atoms with E-state index in [2.05, 4.69) is 30.7 Å². The molecule has 3 amide bonds. The van der Waals surface area contributed by atoms with Crippen LogP contribution in [0.5, 0.6) is 0 Å². The summed E-state index contributed by atoms with van der Waals surface area (Å²) in [5.74, 6) is -1.46. The molecule has 0 aliphatic carbocycles. The summed E-state index contributed by atoms with van der Waals surface area (Å²) in [5, 5.41) is 10.7. The summed E-state index contributed by atoms with van der Waals surface area (Å²) in [6.07, 6.45) is -1.19. The van der Waals surface area contributed by atoms with Gasteiger partial charge in [-0.1, -0.05) is 12.1 Å². The Labute approximate surface area is 208 Å². The Bertz CT molecular complexity index is 1520. The largest absolute Gasteiger partial charge is 0.455 e. The maximum absolute atomic E-state index is 13.1. The molecule has 0 spiro atoms. The number of carbonyl (C=O) groups is 2. The van der Waals surface area contributed by atoms with Crippen molar-refractivity contribution in [2.45, 2.75) is 13.1 Å². The minimum atomic E-state index is -4.74. The second kappa shape index (κ2) is 9.26. The number of anilines is 5. The molecule has 0 saturated heterocycles. The third kappa shape index (κ3) is 5.20. The fraction of sp³-hybridized carbons (Fsp3) is 0.0769. The predicted molar refractivity (Wildman–Crippen MR) is 135 cm³/mol. The molecule has 37 heavy (non-hydrogen) atoms. The number of H-pyrrole nitrogens is 1. The van der Waals surface area contributed by atoms with Gasteiger partial charge < -0.3 is 30.7 Å². The molecule has 5 rings (SSSR count). The number of hydrogen-bond acceptors (Lipinski definition) is 4. The third-order valence-corrected chi connectivity index (χ3v) is 5.49. The Balaban J connectivity index is 1.28. The highest BCUT2D eigenvalue weighted by Crippen LogP contribution is 2.37. The van der Waals surface area contributed by atoms with Crippen LogP contribution >= 0.6 is 0 Å². The molecule has 0 saturated carbocycles. The first-order valence-electron chi connectivity index (χ1n) is 11.1. The van der Waals surface area contributed by atoms with E-state index in [1.54, 1.807) is 42.6 Å². The van der Waals surface area contributed by atoms with Crippen molar-refractivity contribution >= 4 is 52.0 Å². The zero-order chi connectivity index (χ0) is 26.2. The number of fused-ring (bicyclic) bond motifs is 1. The average Bonchev–Trinajstić information content (AvgIpc) is 3.54. The molecule has 1 aliphatic heterocycles. The van der Waals surface area contributed by atoms with Crippen LogP contribution in [-0.2, 0) is 11.0 Å². The van der Waals surface area contributed by atoms with Crippen molar-refractivity contribution in [3.63, 3.8) is 0 Å². The molecule has 0 radical (unpaired) electrons. The van der Waals surface area contributed by atoms with Gasteiger partial charge in [-0.25, -0.2) is 4.79 Å². The smallest absolute Gasteiger partial charge is 0.451 e. The number of aryl methyl sites for hydroxylation is 1. The Kier molecular flexibility index (Phi) is 5.96. The number of urea groups is 1. The first-order valence-corrected chi connectivity index (χ1v) is 11.1. The van der Waals surface area contributed by atoms with Crippen LogP contribution in [0.3, 0.4) is 0 Å². The van der Waals surface area contributed by atoms with Crippen molar-refractivity contribution in [2.75, 3.05) is 21.3 Å². The molecule has 11 heteroatoms. The van der Waals surface area contributed by atoms with Gasteiger partial charge in [0.1, 0.15) is 5.76 Å². The molecule has 0 bridgehead atoms. The van der Waals surface area contributed by atoms with Gasteiger partial charge in [-0.05, 0) is 55.5 Å². The first-order chi connectivity index (χ1) is 17.7. The lowest BCUT2D eigenvalue weighted by Gasteiger charge is -2.12. The number of alkyl halides is 3. The molecule has 5 N–H and O–H groups in total. The predicted octanol–water partition coefficient (Wildman–Crippen LogP) is 6.82. The Hall–Kier alpha value is -4.93. The van der Waals surface area contributed by atoms with Crippen LogP contribution in [0, 0.1) is 6.92 Å². The van der Waals surface area contributed by atoms with Crippen LogP contribution in [0.15, 0.2) is 71.3 Å². The highest BCUT2D eigenvalue weighted by Gasteiger charge is 2.38. The summed E-state index contributed by atoms with van der Waals surface area (Å²) in [6, 6.07) is 16.0. The Morgan fingerprint density at radius 2 is 1.76 bits per heavy atom. The molecule has 3 heterocycles. The summed E-state index contributed by atoms with van der Waals surface area (Å²) >= 11 is 0. The van der Waals surface area contributed by atoms with Crippen molar-refractivity contribution in [1.82, 2.24) is 4.98 Å². The van der Waals surface area contributed by atoms with Gasteiger partial charge in [0.05, 0.1) is 16.9 Å². The molecule has 4 aromatic rings. The van der Waals surface area contributed by atoms with Gasteiger partial charge in [-0.2, -0.15) is 13.2 Å². The van der Waals surface area contributed by atoms with Crippen LogP contribution in [0.2, 0.25) is 0 Å². The molecule has 0 unspecified atom stereocenters. The molecule has 1 aliphatic rings.